The van der Waals surface area contributed by atoms with Crippen LogP contribution >= 0.6 is 0 Å². The van der Waals surface area contributed by atoms with Crippen LogP contribution in [0.25, 0.3) is 0 Å². The van der Waals surface area contributed by atoms with E-state index in [2.05, 4.69) is 33.9 Å². The molecule has 0 aromatic rings. The van der Waals surface area contributed by atoms with Crippen molar-refractivity contribution in [2.75, 3.05) is 0 Å². The molecule has 3 nitrogen and oxygen atoms in total. The molecule has 0 saturated carbocycles. The highest BCUT2D eigenvalue weighted by atomic mass is 28.4. The molecule has 1 saturated heterocycles. The third kappa shape index (κ3) is 3.03. The van der Waals surface area contributed by atoms with Gasteiger partial charge in [0.05, 0.1) is 12.2 Å². The predicted molar refractivity (Wildman–Crippen MR) is 63.2 cm³/mol. The van der Waals surface area contributed by atoms with Crippen LogP contribution < -0.4 is 0 Å². The van der Waals surface area contributed by atoms with Gasteiger partial charge in [-0.3, -0.25) is 0 Å². The van der Waals surface area contributed by atoms with Gasteiger partial charge < -0.3 is 14.3 Å². The van der Waals surface area contributed by atoms with Gasteiger partial charge in [-0.05, 0) is 25.1 Å². The average Bonchev–Trinajstić information content (AvgIpc) is 2.26. The van der Waals surface area contributed by atoms with Crippen LogP contribution in [0.5, 0.6) is 0 Å². The minimum absolute atomic E-state index is 0.00845. The van der Waals surface area contributed by atoms with Crippen molar-refractivity contribution in [3.8, 4) is 0 Å². The molecular weight excluding hydrogens is 208 g/mol. The molecule has 0 bridgehead atoms. The summed E-state index contributed by atoms with van der Waals surface area (Å²) < 4.78 is 11.5. The highest BCUT2D eigenvalue weighted by Gasteiger charge is 2.42. The highest BCUT2D eigenvalue weighted by Crippen LogP contribution is 2.39. The summed E-state index contributed by atoms with van der Waals surface area (Å²) in [5.74, 6) is 0. The summed E-state index contributed by atoms with van der Waals surface area (Å²) in [6.45, 7) is 13.1. The largest absolute Gasteiger partial charge is 0.411 e. The number of ether oxygens (including phenoxy) is 1. The van der Waals surface area contributed by atoms with Gasteiger partial charge in [-0.1, -0.05) is 20.8 Å². The lowest BCUT2D eigenvalue weighted by Gasteiger charge is -2.38. The van der Waals surface area contributed by atoms with Crippen LogP contribution in [0.3, 0.4) is 0 Å². The maximum atomic E-state index is 9.38. The van der Waals surface area contributed by atoms with Gasteiger partial charge in [0.25, 0.3) is 0 Å². The maximum Gasteiger partial charge on any atom is 0.192 e. The summed E-state index contributed by atoms with van der Waals surface area (Å²) in [5, 5.41) is 9.59. The number of aliphatic hydroxyl groups excluding tert-OH is 1. The van der Waals surface area contributed by atoms with E-state index in [-0.39, 0.29) is 17.2 Å². The first-order valence-electron chi connectivity index (χ1n) is 5.65. The molecule has 1 N–H and O–H groups in total. The van der Waals surface area contributed by atoms with Crippen LogP contribution in [-0.4, -0.2) is 31.9 Å². The van der Waals surface area contributed by atoms with Gasteiger partial charge in [-0.15, -0.1) is 0 Å². The fraction of sp³-hybridized carbons (Fsp3) is 1.00. The van der Waals surface area contributed by atoms with Gasteiger partial charge in [0.15, 0.2) is 14.6 Å². The minimum Gasteiger partial charge on any atom is -0.411 e. The summed E-state index contributed by atoms with van der Waals surface area (Å²) in [6, 6.07) is 0. The number of aliphatic hydroxyl groups is 1. The summed E-state index contributed by atoms with van der Waals surface area (Å²) >= 11 is 0. The van der Waals surface area contributed by atoms with E-state index in [1.165, 1.54) is 0 Å². The van der Waals surface area contributed by atoms with Crippen LogP contribution in [0.1, 0.15) is 34.1 Å². The topological polar surface area (TPSA) is 38.7 Å². The molecule has 0 aliphatic carbocycles. The second-order valence-electron chi connectivity index (χ2n) is 5.95. The molecule has 0 amide bonds. The number of hydrogen-bond acceptors (Lipinski definition) is 3. The van der Waals surface area contributed by atoms with Gasteiger partial charge in [0.1, 0.15) is 0 Å². The van der Waals surface area contributed by atoms with Crippen LogP contribution in [0.15, 0.2) is 0 Å². The molecule has 1 fully saturated rings. The van der Waals surface area contributed by atoms with Crippen LogP contribution in [0, 0.1) is 0 Å². The molecule has 1 unspecified atom stereocenters. The van der Waals surface area contributed by atoms with Gasteiger partial charge in [0, 0.05) is 6.42 Å². The molecule has 1 heterocycles. The van der Waals surface area contributed by atoms with E-state index < -0.39 is 14.6 Å². The van der Waals surface area contributed by atoms with E-state index in [1.807, 2.05) is 6.92 Å². The lowest BCUT2D eigenvalue weighted by atomic mass is 10.2. The summed E-state index contributed by atoms with van der Waals surface area (Å²) in [5.41, 5.74) is 0. The molecule has 0 spiro atoms. The monoisotopic (exact) mass is 232 g/mol. The number of hydrogen-bond donors (Lipinski definition) is 1. The van der Waals surface area contributed by atoms with Crippen LogP contribution in [0.2, 0.25) is 18.1 Å². The summed E-state index contributed by atoms with van der Waals surface area (Å²) in [4.78, 5) is 0. The maximum absolute atomic E-state index is 9.38. The van der Waals surface area contributed by atoms with Gasteiger partial charge >= 0.3 is 0 Å². The molecule has 15 heavy (non-hydrogen) atoms. The van der Waals surface area contributed by atoms with E-state index in [0.29, 0.717) is 6.42 Å². The van der Waals surface area contributed by atoms with Gasteiger partial charge in [0.2, 0.25) is 0 Å². The number of rotatable bonds is 2. The minimum atomic E-state index is -1.73. The van der Waals surface area contributed by atoms with Crippen LogP contribution in [-0.2, 0) is 9.16 Å². The zero-order valence-electron chi connectivity index (χ0n) is 10.7. The molecule has 1 aliphatic heterocycles. The van der Waals surface area contributed by atoms with Crippen LogP contribution in [0.4, 0.5) is 0 Å². The predicted octanol–water partition coefficient (Wildman–Crippen LogP) is 2.50. The standard InChI is InChI=1S/C11H24O3Si/c1-8-9(7-10(12)13-8)14-15(5,6)11(2,3)4/h8-10,12H,7H2,1-6H3/t8-,9-,10?/m0/s1. The third-order valence-electron chi connectivity index (χ3n) is 3.58. The van der Waals surface area contributed by atoms with Crippen molar-refractivity contribution in [2.24, 2.45) is 0 Å². The van der Waals surface area contributed by atoms with E-state index in [4.69, 9.17) is 9.16 Å². The molecule has 90 valence electrons. The normalized spacial score (nSPS) is 33.4. The lowest BCUT2D eigenvalue weighted by Crippen LogP contribution is -2.45. The molecule has 1 rings (SSSR count). The summed E-state index contributed by atoms with van der Waals surface area (Å²) in [7, 11) is -1.73. The Morgan fingerprint density at radius 1 is 1.33 bits per heavy atom. The molecule has 0 aromatic heterocycles. The quantitative estimate of drug-likeness (QED) is 0.744. The Morgan fingerprint density at radius 2 is 1.87 bits per heavy atom. The molecular formula is C11H24O3Si. The fourth-order valence-corrected chi connectivity index (χ4v) is 2.88. The van der Waals surface area contributed by atoms with E-state index in [0.717, 1.165) is 0 Å². The van der Waals surface area contributed by atoms with Crippen molar-refractivity contribution in [1.82, 2.24) is 0 Å². The lowest BCUT2D eigenvalue weighted by molar-refractivity contribution is -0.0885. The Labute approximate surface area is 93.9 Å². The third-order valence-corrected chi connectivity index (χ3v) is 8.09. The molecule has 0 radical (unpaired) electrons. The first kappa shape index (κ1) is 13.2. The van der Waals surface area contributed by atoms with Crippen molar-refractivity contribution >= 4 is 8.32 Å². The Morgan fingerprint density at radius 3 is 2.20 bits per heavy atom. The SMILES string of the molecule is C[C@@H]1OC(O)C[C@@H]1O[Si](C)(C)C(C)(C)C. The van der Waals surface area contributed by atoms with Crippen molar-refractivity contribution < 1.29 is 14.3 Å². The average molecular weight is 232 g/mol. The van der Waals surface area contributed by atoms with Gasteiger partial charge in [-0.2, -0.15) is 0 Å². The zero-order valence-corrected chi connectivity index (χ0v) is 11.7. The van der Waals surface area contributed by atoms with E-state index >= 15 is 0 Å². The Kier molecular flexibility index (Phi) is 3.65. The van der Waals surface area contributed by atoms with Gasteiger partial charge in [-0.25, -0.2) is 0 Å². The first-order valence-corrected chi connectivity index (χ1v) is 8.55. The molecule has 4 heteroatoms. The first-order chi connectivity index (χ1) is 6.63. The highest BCUT2D eigenvalue weighted by molar-refractivity contribution is 6.74. The fourth-order valence-electron chi connectivity index (χ4n) is 1.48. The van der Waals surface area contributed by atoms with E-state index in [9.17, 15) is 5.11 Å². The Hall–Kier alpha value is 0.0969. The molecule has 0 aromatic carbocycles. The molecule has 1 aliphatic rings. The Balaban J connectivity index is 2.62. The van der Waals surface area contributed by atoms with Crippen molar-refractivity contribution in [3.05, 3.63) is 0 Å². The Bertz CT molecular complexity index is 222. The second-order valence-corrected chi connectivity index (χ2v) is 10.7. The second kappa shape index (κ2) is 4.16. The van der Waals surface area contributed by atoms with Crippen molar-refractivity contribution in [1.29, 1.82) is 0 Å². The molecule has 3 atom stereocenters. The smallest absolute Gasteiger partial charge is 0.192 e. The summed E-state index contributed by atoms with van der Waals surface area (Å²) in [6.07, 6.45) is 0.0259. The van der Waals surface area contributed by atoms with E-state index in [1.54, 1.807) is 0 Å². The van der Waals surface area contributed by atoms with Crippen molar-refractivity contribution in [2.45, 2.75) is 70.7 Å². The zero-order chi connectivity index (χ0) is 11.9. The van der Waals surface area contributed by atoms with Crippen molar-refractivity contribution in [3.63, 3.8) is 0 Å².